The second kappa shape index (κ2) is 7.94. The van der Waals surface area contributed by atoms with Crippen LogP contribution in [0.1, 0.15) is 16.1 Å². The Balaban J connectivity index is 1.83. The number of nitrogens with zero attached hydrogens (tertiary/aromatic N) is 3. The molecule has 6 nitrogen and oxygen atoms in total. The maximum absolute atomic E-state index is 12.4. The summed E-state index contributed by atoms with van der Waals surface area (Å²) in [6.45, 7) is 1.71. The molecule has 0 aliphatic rings. The number of nitrogens with one attached hydrogen (secondary N) is 1. The van der Waals surface area contributed by atoms with Gasteiger partial charge in [0.05, 0.1) is 33.7 Å². The van der Waals surface area contributed by atoms with E-state index in [2.05, 4.69) is 20.3 Å². The predicted molar refractivity (Wildman–Crippen MR) is 116 cm³/mol. The Bertz CT molecular complexity index is 1210. The summed E-state index contributed by atoms with van der Waals surface area (Å²) in [5, 5.41) is 4.62. The van der Waals surface area contributed by atoms with E-state index in [0.29, 0.717) is 38.1 Å². The number of methoxy groups -OCH3 is 1. The Kier molecular flexibility index (Phi) is 5.36. The molecule has 0 aliphatic carbocycles. The molecule has 0 atom stereocenters. The highest BCUT2D eigenvalue weighted by atomic mass is 35.5. The summed E-state index contributed by atoms with van der Waals surface area (Å²) >= 11 is 13.9. The highest BCUT2D eigenvalue weighted by Gasteiger charge is 2.22. The van der Waals surface area contributed by atoms with Crippen LogP contribution in [-0.2, 0) is 4.74 Å². The third-order valence-electron chi connectivity index (χ3n) is 4.18. The van der Waals surface area contributed by atoms with Crippen LogP contribution in [0.2, 0.25) is 10.0 Å². The Labute approximate surface area is 180 Å². The molecule has 0 radical (unpaired) electrons. The fraction of sp³-hybridized carbons (Fsp3) is 0.100. The normalized spacial score (nSPS) is 10.9. The van der Waals surface area contributed by atoms with Crippen molar-refractivity contribution in [1.82, 2.24) is 15.0 Å². The molecule has 0 amide bonds. The van der Waals surface area contributed by atoms with Gasteiger partial charge < -0.3 is 4.74 Å². The van der Waals surface area contributed by atoms with Crippen molar-refractivity contribution >= 4 is 61.8 Å². The van der Waals surface area contributed by atoms with Crippen molar-refractivity contribution in [3.63, 3.8) is 0 Å². The number of benzene rings is 2. The molecule has 0 aliphatic heterocycles. The van der Waals surface area contributed by atoms with Crippen LogP contribution in [0.5, 0.6) is 0 Å². The van der Waals surface area contributed by atoms with E-state index in [1.165, 1.54) is 18.4 Å². The zero-order chi connectivity index (χ0) is 20.5. The van der Waals surface area contributed by atoms with Crippen LogP contribution in [-0.4, -0.2) is 28.0 Å². The van der Waals surface area contributed by atoms with Gasteiger partial charge in [-0.25, -0.2) is 19.7 Å². The summed E-state index contributed by atoms with van der Waals surface area (Å²) in [5.74, 6) is -0.245. The second-order valence-electron chi connectivity index (χ2n) is 6.08. The summed E-state index contributed by atoms with van der Waals surface area (Å²) in [5.41, 5.74) is 2.48. The zero-order valence-electron chi connectivity index (χ0n) is 15.4. The van der Waals surface area contributed by atoms with Crippen molar-refractivity contribution in [3.05, 3.63) is 63.8 Å². The number of rotatable bonds is 4. The highest BCUT2D eigenvalue weighted by Crippen LogP contribution is 2.34. The Morgan fingerprint density at radius 3 is 2.62 bits per heavy atom. The van der Waals surface area contributed by atoms with E-state index in [4.69, 9.17) is 27.9 Å². The van der Waals surface area contributed by atoms with Crippen molar-refractivity contribution in [3.8, 4) is 11.3 Å². The molecule has 0 unspecified atom stereocenters. The molecule has 1 N–H and O–H groups in total. The average molecular weight is 445 g/mol. The fourth-order valence-electron chi connectivity index (χ4n) is 2.87. The number of thiazole rings is 1. The quantitative estimate of drug-likeness (QED) is 0.394. The van der Waals surface area contributed by atoms with Gasteiger partial charge in [0.25, 0.3) is 0 Å². The molecule has 2 aromatic carbocycles. The largest absolute Gasteiger partial charge is 0.465 e. The van der Waals surface area contributed by atoms with E-state index < -0.39 is 5.97 Å². The van der Waals surface area contributed by atoms with Crippen molar-refractivity contribution < 1.29 is 9.53 Å². The average Bonchev–Trinajstić information content (AvgIpc) is 3.09. The number of fused-ring (bicyclic) bond motifs is 1. The third-order valence-corrected chi connectivity index (χ3v) is 5.68. The van der Waals surface area contributed by atoms with Gasteiger partial charge in [-0.15, -0.1) is 0 Å². The number of aromatic nitrogens is 3. The molecule has 0 spiro atoms. The Morgan fingerprint density at radius 1 is 1.10 bits per heavy atom. The van der Waals surface area contributed by atoms with E-state index in [1.54, 1.807) is 25.1 Å². The van der Waals surface area contributed by atoms with Crippen LogP contribution in [0, 0.1) is 6.92 Å². The highest BCUT2D eigenvalue weighted by molar-refractivity contribution is 7.22. The fourth-order valence-corrected chi connectivity index (χ4v) is 4.23. The van der Waals surface area contributed by atoms with Gasteiger partial charge in [-0.1, -0.05) is 46.7 Å². The predicted octanol–water partition coefficient (Wildman–Crippen LogP) is 5.90. The van der Waals surface area contributed by atoms with E-state index in [1.807, 2.05) is 24.3 Å². The van der Waals surface area contributed by atoms with Gasteiger partial charge in [-0.05, 0) is 37.3 Å². The van der Waals surface area contributed by atoms with E-state index in [-0.39, 0.29) is 5.56 Å². The van der Waals surface area contributed by atoms with E-state index >= 15 is 0 Å². The van der Waals surface area contributed by atoms with Crippen LogP contribution < -0.4 is 5.32 Å². The summed E-state index contributed by atoms with van der Waals surface area (Å²) in [6, 6.07) is 12.8. The van der Waals surface area contributed by atoms with Crippen molar-refractivity contribution in [1.29, 1.82) is 0 Å². The van der Waals surface area contributed by atoms with Crippen LogP contribution in [0.3, 0.4) is 0 Å². The van der Waals surface area contributed by atoms with Crippen LogP contribution in [0.15, 0.2) is 42.5 Å². The summed E-state index contributed by atoms with van der Waals surface area (Å²) in [7, 11) is 1.31. The number of carbonyl (C=O) groups excluding carboxylic acids is 1. The summed E-state index contributed by atoms with van der Waals surface area (Å²) in [6.07, 6.45) is 0. The molecule has 29 heavy (non-hydrogen) atoms. The number of esters is 1. The third kappa shape index (κ3) is 3.89. The van der Waals surface area contributed by atoms with Crippen molar-refractivity contribution in [2.75, 3.05) is 12.4 Å². The first-order chi connectivity index (χ1) is 14.0. The molecule has 146 valence electrons. The molecule has 0 saturated carbocycles. The molecular formula is C20H14Cl2N4O2S. The number of carbonyl (C=O) groups is 1. The zero-order valence-corrected chi connectivity index (χ0v) is 17.7. The maximum atomic E-state index is 12.4. The van der Waals surface area contributed by atoms with Gasteiger partial charge in [0.1, 0.15) is 5.56 Å². The minimum absolute atomic E-state index is 0.242. The first-order valence-corrected chi connectivity index (χ1v) is 10.1. The van der Waals surface area contributed by atoms with Crippen molar-refractivity contribution in [2.45, 2.75) is 6.92 Å². The lowest BCUT2D eigenvalue weighted by Crippen LogP contribution is -2.12. The number of para-hydroxylation sites is 1. The first-order valence-electron chi connectivity index (χ1n) is 8.51. The summed E-state index contributed by atoms with van der Waals surface area (Å²) in [4.78, 5) is 25.9. The lowest BCUT2D eigenvalue weighted by molar-refractivity contribution is 0.0600. The first kappa shape index (κ1) is 19.6. The van der Waals surface area contributed by atoms with Gasteiger partial charge in [0, 0.05) is 10.6 Å². The van der Waals surface area contributed by atoms with E-state index in [9.17, 15) is 4.79 Å². The molecule has 4 rings (SSSR count). The minimum Gasteiger partial charge on any atom is -0.465 e. The molecule has 4 aromatic rings. The van der Waals surface area contributed by atoms with Gasteiger partial charge in [0.15, 0.2) is 5.13 Å². The molecular weight excluding hydrogens is 431 g/mol. The minimum atomic E-state index is -0.546. The molecule has 2 aromatic heterocycles. The molecule has 9 heteroatoms. The van der Waals surface area contributed by atoms with Crippen molar-refractivity contribution in [2.24, 2.45) is 0 Å². The number of ether oxygens (including phenoxy) is 1. The van der Waals surface area contributed by atoms with Gasteiger partial charge in [-0.3, -0.25) is 5.32 Å². The maximum Gasteiger partial charge on any atom is 0.341 e. The van der Waals surface area contributed by atoms with Crippen LogP contribution in [0.4, 0.5) is 11.1 Å². The molecule has 0 saturated heterocycles. The smallest absolute Gasteiger partial charge is 0.341 e. The lowest BCUT2D eigenvalue weighted by atomic mass is 10.0. The standard InChI is InChI=1S/C20H14Cl2N4O2S/c1-10-16(18(27)28-2)17(12-8-7-11(21)9-13(12)22)25-19(23-10)26-20-24-14-5-3-4-6-15(14)29-20/h3-9H,1-2H3,(H,23,24,25,26). The Hall–Kier alpha value is -2.74. The SMILES string of the molecule is COC(=O)c1c(C)nc(Nc2nc3ccccc3s2)nc1-c1ccc(Cl)cc1Cl. The molecule has 0 fully saturated rings. The monoisotopic (exact) mass is 444 g/mol. The number of hydrogen-bond acceptors (Lipinski definition) is 7. The van der Waals surface area contributed by atoms with Gasteiger partial charge in [-0.2, -0.15) is 0 Å². The van der Waals surface area contributed by atoms with Crippen LogP contribution in [0.25, 0.3) is 21.5 Å². The number of hydrogen-bond donors (Lipinski definition) is 1. The van der Waals surface area contributed by atoms with Gasteiger partial charge in [0.2, 0.25) is 5.95 Å². The second-order valence-corrected chi connectivity index (χ2v) is 7.96. The van der Waals surface area contributed by atoms with Gasteiger partial charge >= 0.3 is 5.97 Å². The van der Waals surface area contributed by atoms with Crippen LogP contribution >= 0.6 is 34.5 Å². The lowest BCUT2D eigenvalue weighted by Gasteiger charge is -2.13. The topological polar surface area (TPSA) is 77.0 Å². The number of halogens is 2. The molecule has 2 heterocycles. The summed E-state index contributed by atoms with van der Waals surface area (Å²) < 4.78 is 5.96. The number of aryl methyl sites for hydroxylation is 1. The number of anilines is 2. The Morgan fingerprint density at radius 2 is 1.90 bits per heavy atom. The van der Waals surface area contributed by atoms with E-state index in [0.717, 1.165) is 10.2 Å². The molecule has 0 bridgehead atoms.